The van der Waals surface area contributed by atoms with E-state index >= 15 is 0 Å². The van der Waals surface area contributed by atoms with Gasteiger partial charge in [-0.05, 0) is 20.8 Å². The summed E-state index contributed by atoms with van der Waals surface area (Å²) in [4.78, 5) is 22.2. The first-order valence-electron chi connectivity index (χ1n) is 4.69. The van der Waals surface area contributed by atoms with Crippen LogP contribution in [0.1, 0.15) is 20.8 Å². The molecular weight excluding hydrogens is 216 g/mol. The number of hydrogen-bond donors (Lipinski definition) is 3. The van der Waals surface area contributed by atoms with Crippen molar-refractivity contribution < 1.29 is 14.3 Å². The predicted molar refractivity (Wildman–Crippen MR) is 61.1 cm³/mol. The molecule has 0 aromatic carbocycles. The number of rotatable bonds is 4. The Hall–Kier alpha value is -0.910. The van der Waals surface area contributed by atoms with Crippen molar-refractivity contribution in [2.75, 3.05) is 18.8 Å². The first-order valence-corrected chi connectivity index (χ1v) is 5.33. The van der Waals surface area contributed by atoms with E-state index in [4.69, 9.17) is 4.74 Å². The Labute approximate surface area is 95.4 Å². The lowest BCUT2D eigenvalue weighted by atomic mass is 10.2. The highest BCUT2D eigenvalue weighted by molar-refractivity contribution is 7.80. The largest absolute Gasteiger partial charge is 0.444 e. The highest BCUT2D eigenvalue weighted by Crippen LogP contribution is 2.05. The van der Waals surface area contributed by atoms with Crippen LogP contribution in [0.2, 0.25) is 0 Å². The fourth-order valence-corrected chi connectivity index (χ4v) is 0.836. The van der Waals surface area contributed by atoms with Crippen molar-refractivity contribution in [3.63, 3.8) is 0 Å². The number of thiol groups is 1. The lowest BCUT2D eigenvalue weighted by molar-refractivity contribution is -0.120. The van der Waals surface area contributed by atoms with Gasteiger partial charge in [-0.3, -0.25) is 4.79 Å². The number of amides is 2. The minimum Gasteiger partial charge on any atom is -0.444 e. The lowest BCUT2D eigenvalue weighted by Crippen LogP contribution is -2.40. The Morgan fingerprint density at radius 1 is 1.27 bits per heavy atom. The van der Waals surface area contributed by atoms with Gasteiger partial charge in [0, 0.05) is 12.3 Å². The number of nitrogens with one attached hydrogen (secondary N) is 2. The van der Waals surface area contributed by atoms with Gasteiger partial charge in [-0.1, -0.05) is 0 Å². The molecule has 0 aliphatic carbocycles. The van der Waals surface area contributed by atoms with Crippen molar-refractivity contribution in [1.29, 1.82) is 0 Å². The van der Waals surface area contributed by atoms with Gasteiger partial charge in [-0.15, -0.1) is 0 Å². The van der Waals surface area contributed by atoms with Gasteiger partial charge in [0.25, 0.3) is 0 Å². The molecule has 0 rings (SSSR count). The summed E-state index contributed by atoms with van der Waals surface area (Å²) in [6, 6.07) is 0. The van der Waals surface area contributed by atoms with E-state index in [9.17, 15) is 9.59 Å². The topological polar surface area (TPSA) is 67.4 Å². The molecular formula is C9H18N2O3S. The summed E-state index contributed by atoms with van der Waals surface area (Å²) >= 11 is 3.93. The summed E-state index contributed by atoms with van der Waals surface area (Å²) in [5.74, 6) is 0.313. The van der Waals surface area contributed by atoms with Crippen LogP contribution in [-0.4, -0.2) is 36.4 Å². The van der Waals surface area contributed by atoms with Crippen molar-refractivity contribution in [1.82, 2.24) is 10.6 Å². The standard InChI is InChI=1S/C9H18N2O3S/c1-9(2,3)14-8(13)11-6-7(12)10-4-5-15/h15H,4-6H2,1-3H3,(H,10,12)(H,11,13). The summed E-state index contributed by atoms with van der Waals surface area (Å²) in [7, 11) is 0. The van der Waals surface area contributed by atoms with Crippen molar-refractivity contribution >= 4 is 24.6 Å². The second-order valence-corrected chi connectivity index (χ2v) is 4.38. The van der Waals surface area contributed by atoms with E-state index in [-0.39, 0.29) is 12.5 Å². The van der Waals surface area contributed by atoms with Crippen LogP contribution in [0, 0.1) is 0 Å². The molecule has 0 saturated carbocycles. The third-order valence-corrected chi connectivity index (χ3v) is 1.45. The van der Waals surface area contributed by atoms with Crippen LogP contribution in [0.4, 0.5) is 4.79 Å². The Kier molecular flexibility index (Phi) is 6.15. The normalized spacial score (nSPS) is 10.7. The molecule has 0 radical (unpaired) electrons. The number of alkyl carbamates (subject to hydrolysis) is 1. The molecule has 5 nitrogen and oxygen atoms in total. The van der Waals surface area contributed by atoms with Crippen LogP contribution in [0.25, 0.3) is 0 Å². The average molecular weight is 234 g/mol. The summed E-state index contributed by atoms with van der Waals surface area (Å²) in [6.07, 6.45) is -0.594. The van der Waals surface area contributed by atoms with E-state index in [1.54, 1.807) is 20.8 Å². The molecule has 2 amide bonds. The number of ether oxygens (including phenoxy) is 1. The van der Waals surface area contributed by atoms with Crippen LogP contribution in [0.5, 0.6) is 0 Å². The summed E-state index contributed by atoms with van der Waals surface area (Å²) < 4.78 is 4.95. The molecule has 0 atom stereocenters. The van der Waals surface area contributed by atoms with Gasteiger partial charge >= 0.3 is 6.09 Å². The third-order valence-electron chi connectivity index (χ3n) is 1.23. The molecule has 0 aliphatic rings. The van der Waals surface area contributed by atoms with Crippen LogP contribution in [-0.2, 0) is 9.53 Å². The van der Waals surface area contributed by atoms with E-state index in [0.717, 1.165) is 0 Å². The molecule has 0 heterocycles. The highest BCUT2D eigenvalue weighted by atomic mass is 32.1. The summed E-state index contributed by atoms with van der Waals surface area (Å²) in [5, 5.41) is 4.91. The first kappa shape index (κ1) is 14.1. The molecule has 0 aromatic heterocycles. The molecule has 15 heavy (non-hydrogen) atoms. The average Bonchev–Trinajstić information content (AvgIpc) is 2.08. The van der Waals surface area contributed by atoms with Crippen LogP contribution in [0.15, 0.2) is 0 Å². The van der Waals surface area contributed by atoms with Crippen LogP contribution >= 0.6 is 12.6 Å². The number of carbonyl (C=O) groups is 2. The molecule has 2 N–H and O–H groups in total. The Morgan fingerprint density at radius 2 is 1.87 bits per heavy atom. The van der Waals surface area contributed by atoms with E-state index < -0.39 is 11.7 Å². The van der Waals surface area contributed by atoms with Crippen molar-refractivity contribution in [2.24, 2.45) is 0 Å². The lowest BCUT2D eigenvalue weighted by Gasteiger charge is -2.19. The van der Waals surface area contributed by atoms with Gasteiger partial charge in [-0.2, -0.15) is 12.6 Å². The second kappa shape index (κ2) is 6.55. The molecule has 0 bridgehead atoms. The van der Waals surface area contributed by atoms with Gasteiger partial charge < -0.3 is 15.4 Å². The van der Waals surface area contributed by atoms with E-state index in [2.05, 4.69) is 23.3 Å². The molecule has 88 valence electrons. The predicted octanol–water partition coefficient (Wildman–Crippen LogP) is 0.557. The van der Waals surface area contributed by atoms with E-state index in [0.29, 0.717) is 12.3 Å². The molecule has 0 fully saturated rings. The molecule has 0 aromatic rings. The minimum absolute atomic E-state index is 0.0807. The number of carbonyl (C=O) groups excluding carboxylic acids is 2. The Morgan fingerprint density at radius 3 is 2.33 bits per heavy atom. The monoisotopic (exact) mass is 234 g/mol. The van der Waals surface area contributed by atoms with Gasteiger partial charge in [0.2, 0.25) is 5.91 Å². The van der Waals surface area contributed by atoms with Crippen molar-refractivity contribution in [2.45, 2.75) is 26.4 Å². The third kappa shape index (κ3) is 9.40. The van der Waals surface area contributed by atoms with Crippen LogP contribution in [0.3, 0.4) is 0 Å². The fourth-order valence-electron chi connectivity index (χ4n) is 0.724. The van der Waals surface area contributed by atoms with E-state index in [1.807, 2.05) is 0 Å². The first-order chi connectivity index (χ1) is 6.85. The number of hydrogen-bond acceptors (Lipinski definition) is 4. The minimum atomic E-state index is -0.594. The van der Waals surface area contributed by atoms with Crippen LogP contribution < -0.4 is 10.6 Å². The van der Waals surface area contributed by atoms with Gasteiger partial charge in [0.1, 0.15) is 5.60 Å². The molecule has 0 unspecified atom stereocenters. The molecule has 0 spiro atoms. The van der Waals surface area contributed by atoms with E-state index in [1.165, 1.54) is 0 Å². The summed E-state index contributed by atoms with van der Waals surface area (Å²) in [5.41, 5.74) is -0.550. The Balaban J connectivity index is 3.67. The summed E-state index contributed by atoms with van der Waals surface area (Å²) in [6.45, 7) is 5.68. The molecule has 0 aliphatic heterocycles. The second-order valence-electron chi connectivity index (χ2n) is 3.93. The quantitative estimate of drug-likeness (QED) is 0.623. The maximum atomic E-state index is 11.1. The maximum absolute atomic E-state index is 11.1. The fraction of sp³-hybridized carbons (Fsp3) is 0.778. The smallest absolute Gasteiger partial charge is 0.408 e. The SMILES string of the molecule is CC(C)(C)OC(=O)NCC(=O)NCCS. The van der Waals surface area contributed by atoms with Crippen molar-refractivity contribution in [3.05, 3.63) is 0 Å². The van der Waals surface area contributed by atoms with Gasteiger partial charge in [0.15, 0.2) is 0 Å². The highest BCUT2D eigenvalue weighted by Gasteiger charge is 2.16. The zero-order valence-corrected chi connectivity index (χ0v) is 10.2. The van der Waals surface area contributed by atoms with Crippen molar-refractivity contribution in [3.8, 4) is 0 Å². The Bertz CT molecular complexity index is 226. The zero-order valence-electron chi connectivity index (χ0n) is 9.29. The maximum Gasteiger partial charge on any atom is 0.408 e. The zero-order chi connectivity index (χ0) is 11.9. The van der Waals surface area contributed by atoms with Gasteiger partial charge in [0.05, 0.1) is 6.54 Å². The molecule has 0 saturated heterocycles. The van der Waals surface area contributed by atoms with Gasteiger partial charge in [-0.25, -0.2) is 4.79 Å². The molecule has 6 heteroatoms.